The van der Waals surface area contributed by atoms with Gasteiger partial charge in [0.05, 0.1) is 12.0 Å². The number of fused-ring (bicyclic) bond motifs is 3. The van der Waals surface area contributed by atoms with E-state index in [1.807, 2.05) is 30.8 Å². The molecule has 226 valence electrons. The van der Waals surface area contributed by atoms with E-state index in [1.54, 1.807) is 28.8 Å². The maximum absolute atomic E-state index is 15.1. The van der Waals surface area contributed by atoms with Crippen molar-refractivity contribution in [3.8, 4) is 11.6 Å². The van der Waals surface area contributed by atoms with Gasteiger partial charge in [0.1, 0.15) is 10.5 Å². The number of rotatable bonds is 9. The molecular weight excluding hydrogens is 575 g/mol. The van der Waals surface area contributed by atoms with Gasteiger partial charge in [0.15, 0.2) is 17.1 Å². The molecule has 4 aromatic heterocycles. The third-order valence-corrected chi connectivity index (χ3v) is 8.40. The van der Waals surface area contributed by atoms with Gasteiger partial charge in [0.2, 0.25) is 11.8 Å². The number of amides is 1. The van der Waals surface area contributed by atoms with Crippen LogP contribution < -0.4 is 20.8 Å². The zero-order valence-corrected chi connectivity index (χ0v) is 25.0. The summed E-state index contributed by atoms with van der Waals surface area (Å²) in [5.41, 5.74) is 7.89. The minimum atomic E-state index is -0.420. The lowest BCUT2D eigenvalue weighted by Gasteiger charge is -2.36. The van der Waals surface area contributed by atoms with Crippen LogP contribution in [0.1, 0.15) is 17.3 Å². The van der Waals surface area contributed by atoms with E-state index >= 15 is 4.39 Å². The molecule has 3 N–H and O–H groups in total. The van der Waals surface area contributed by atoms with Gasteiger partial charge in [-0.2, -0.15) is 9.50 Å². The van der Waals surface area contributed by atoms with Crippen LogP contribution in [0.5, 0.6) is 0 Å². The molecule has 1 amide bonds. The second kappa shape index (κ2) is 11.7. The summed E-state index contributed by atoms with van der Waals surface area (Å²) in [6.07, 6.45) is 1.54. The van der Waals surface area contributed by atoms with Crippen molar-refractivity contribution >= 4 is 44.9 Å². The molecule has 1 fully saturated rings. The van der Waals surface area contributed by atoms with E-state index in [-0.39, 0.29) is 22.8 Å². The summed E-state index contributed by atoms with van der Waals surface area (Å²) in [6.45, 7) is 6.26. The second-order valence-electron chi connectivity index (χ2n) is 10.9. The fourth-order valence-corrected chi connectivity index (χ4v) is 6.33. The van der Waals surface area contributed by atoms with Crippen LogP contribution in [0.15, 0.2) is 45.8 Å². The number of carbonyl (C=O) groups excluding carboxylic acids is 1. The number of hydrogen-bond donors (Lipinski definition) is 2. The number of furan rings is 1. The van der Waals surface area contributed by atoms with Gasteiger partial charge < -0.3 is 25.3 Å². The Morgan fingerprint density at radius 1 is 1.16 bits per heavy atom. The van der Waals surface area contributed by atoms with Crippen LogP contribution in [0.2, 0.25) is 0 Å². The Hall–Kier alpha value is -4.34. The van der Waals surface area contributed by atoms with Crippen LogP contribution >= 0.6 is 11.3 Å². The van der Waals surface area contributed by atoms with E-state index in [1.165, 1.54) is 16.8 Å². The van der Waals surface area contributed by atoms with Gasteiger partial charge in [0.25, 0.3) is 5.91 Å². The first-order valence-corrected chi connectivity index (χ1v) is 14.8. The van der Waals surface area contributed by atoms with Crippen LogP contribution in [0.4, 0.5) is 16.0 Å². The van der Waals surface area contributed by atoms with Crippen molar-refractivity contribution in [3.05, 3.63) is 57.6 Å². The molecular formula is C28H33FN10O3S. The summed E-state index contributed by atoms with van der Waals surface area (Å²) in [6, 6.07) is 8.08. The molecule has 0 aliphatic carbocycles. The summed E-state index contributed by atoms with van der Waals surface area (Å²) in [4.78, 5) is 40.6. The Bertz CT molecular complexity index is 1820. The van der Waals surface area contributed by atoms with E-state index in [4.69, 9.17) is 10.2 Å². The number of thiazole rings is 1. The van der Waals surface area contributed by atoms with E-state index in [0.29, 0.717) is 84.6 Å². The van der Waals surface area contributed by atoms with Crippen LogP contribution in [0.25, 0.3) is 27.6 Å². The molecule has 0 radical (unpaired) electrons. The molecule has 0 unspecified atom stereocenters. The summed E-state index contributed by atoms with van der Waals surface area (Å²) >= 11 is 1.06. The van der Waals surface area contributed by atoms with E-state index < -0.39 is 5.82 Å². The van der Waals surface area contributed by atoms with Gasteiger partial charge >= 0.3 is 4.87 Å². The SMILES string of the molecule is C[C@H](CN(C)C)NC(=O)c1ccc(N2CCN(CCn3c(=O)sc4c3nc(N)n3nc(-c5ccco5)nc43)CC2)c(F)c1. The number of nitrogens with zero attached hydrogens (tertiary/aromatic N) is 8. The molecule has 13 nitrogen and oxygen atoms in total. The molecule has 0 spiro atoms. The van der Waals surface area contributed by atoms with Gasteiger partial charge in [-0.25, -0.2) is 9.37 Å². The van der Waals surface area contributed by atoms with Gasteiger partial charge in [-0.1, -0.05) is 11.3 Å². The predicted octanol–water partition coefficient (Wildman–Crippen LogP) is 1.98. The quantitative estimate of drug-likeness (QED) is 0.255. The zero-order chi connectivity index (χ0) is 30.2. The normalized spacial score (nSPS) is 15.1. The molecule has 0 bridgehead atoms. The maximum atomic E-state index is 15.1. The number of nitrogen functional groups attached to an aromatic ring is 1. The van der Waals surface area contributed by atoms with Gasteiger partial charge in [-0.3, -0.25) is 19.1 Å². The lowest BCUT2D eigenvalue weighted by atomic mass is 10.1. The first kappa shape index (κ1) is 28.8. The van der Waals surface area contributed by atoms with Crippen molar-refractivity contribution in [1.82, 2.24) is 39.3 Å². The summed E-state index contributed by atoms with van der Waals surface area (Å²) < 4.78 is 24.1. The molecule has 1 atom stereocenters. The van der Waals surface area contributed by atoms with Gasteiger partial charge in [0, 0.05) is 57.4 Å². The highest BCUT2D eigenvalue weighted by atomic mass is 32.1. The Balaban J connectivity index is 1.10. The number of aromatic nitrogens is 5. The summed E-state index contributed by atoms with van der Waals surface area (Å²) in [5, 5.41) is 7.30. The molecule has 15 heteroatoms. The van der Waals surface area contributed by atoms with Crippen LogP contribution in [-0.4, -0.2) is 99.3 Å². The fraction of sp³-hybridized carbons (Fsp3) is 0.393. The number of hydrogen-bond acceptors (Lipinski definition) is 11. The van der Waals surface area contributed by atoms with Crippen molar-refractivity contribution in [2.45, 2.75) is 19.5 Å². The Labute approximate surface area is 250 Å². The minimum absolute atomic E-state index is 0.0572. The Morgan fingerprint density at radius 3 is 2.65 bits per heavy atom. The molecule has 5 aromatic rings. The zero-order valence-electron chi connectivity index (χ0n) is 24.2. The third-order valence-electron chi connectivity index (χ3n) is 7.44. The third kappa shape index (κ3) is 5.83. The van der Waals surface area contributed by atoms with Gasteiger partial charge in [-0.15, -0.1) is 5.10 Å². The average molecular weight is 609 g/mol. The Morgan fingerprint density at radius 2 is 1.95 bits per heavy atom. The smallest absolute Gasteiger partial charge is 0.309 e. The highest BCUT2D eigenvalue weighted by Crippen LogP contribution is 2.26. The van der Waals surface area contributed by atoms with Crippen LogP contribution in [0, 0.1) is 5.82 Å². The van der Waals surface area contributed by atoms with E-state index in [0.717, 1.165) is 11.3 Å². The lowest BCUT2D eigenvalue weighted by molar-refractivity contribution is 0.0934. The first-order valence-electron chi connectivity index (χ1n) is 14.0. The summed E-state index contributed by atoms with van der Waals surface area (Å²) in [5.74, 6) is 0.270. The largest absolute Gasteiger partial charge is 0.461 e. The molecule has 43 heavy (non-hydrogen) atoms. The monoisotopic (exact) mass is 608 g/mol. The number of halogens is 1. The Kier molecular flexibility index (Phi) is 7.85. The topological polar surface area (TPSA) is 143 Å². The number of nitrogens with one attached hydrogen (secondary N) is 1. The van der Waals surface area contributed by atoms with Crippen molar-refractivity contribution in [1.29, 1.82) is 0 Å². The van der Waals surface area contributed by atoms with Crippen molar-refractivity contribution < 1.29 is 13.6 Å². The standard InChI is InChI=1S/C28H33FN10O3S/c1-17(16-35(2)3)31-26(40)18-6-7-20(19(29)15-18)37-11-8-36(9-12-37)10-13-38-24-22(43-28(38)41)25-32-23(21-5-4-14-42-21)34-39(25)27(30)33-24/h4-7,14-15,17H,8-13,16H2,1-3H3,(H2,30,33)(H,31,40)/t17-/m1/s1. The highest BCUT2D eigenvalue weighted by Gasteiger charge is 2.23. The van der Waals surface area contributed by atoms with Crippen LogP contribution in [0.3, 0.4) is 0 Å². The highest BCUT2D eigenvalue weighted by molar-refractivity contribution is 7.17. The van der Waals surface area contributed by atoms with Crippen molar-refractivity contribution in [2.24, 2.45) is 0 Å². The molecule has 6 rings (SSSR count). The number of anilines is 2. The predicted molar refractivity (Wildman–Crippen MR) is 163 cm³/mol. The number of benzene rings is 1. The first-order chi connectivity index (χ1) is 20.7. The minimum Gasteiger partial charge on any atom is -0.461 e. The number of piperazine rings is 1. The molecule has 1 aromatic carbocycles. The van der Waals surface area contributed by atoms with Crippen LogP contribution in [-0.2, 0) is 6.54 Å². The van der Waals surface area contributed by atoms with Crippen molar-refractivity contribution in [3.63, 3.8) is 0 Å². The molecule has 5 heterocycles. The molecule has 1 aliphatic rings. The fourth-order valence-electron chi connectivity index (χ4n) is 5.39. The van der Waals surface area contributed by atoms with Gasteiger partial charge in [-0.05, 0) is 51.4 Å². The molecule has 1 saturated heterocycles. The average Bonchev–Trinajstić information content (AvgIpc) is 3.71. The van der Waals surface area contributed by atoms with E-state index in [9.17, 15) is 9.59 Å². The molecule has 1 aliphatic heterocycles. The molecule has 0 saturated carbocycles. The lowest BCUT2D eigenvalue weighted by Crippen LogP contribution is -2.47. The number of likely N-dealkylation sites (N-methyl/N-ethyl adjacent to an activating group) is 1. The maximum Gasteiger partial charge on any atom is 0.309 e. The second-order valence-corrected chi connectivity index (χ2v) is 11.9. The summed E-state index contributed by atoms with van der Waals surface area (Å²) in [7, 11) is 3.87. The van der Waals surface area contributed by atoms with Crippen molar-refractivity contribution in [2.75, 3.05) is 64.0 Å². The number of carbonyl (C=O) groups is 1. The number of nitrogens with two attached hydrogens (primary N) is 1. The van der Waals surface area contributed by atoms with E-state index in [2.05, 4.69) is 25.3 Å².